The molecule has 2 heteroatoms. The maximum Gasteiger partial charge on any atom is 0.0471 e. The van der Waals surface area contributed by atoms with E-state index in [9.17, 15) is 0 Å². The molecular formula is C13H19NO. The monoisotopic (exact) mass is 205 g/mol. The maximum absolute atomic E-state index is 8.91. The fourth-order valence-corrected chi connectivity index (χ4v) is 2.34. The molecule has 0 aliphatic carbocycles. The van der Waals surface area contributed by atoms with Gasteiger partial charge in [0, 0.05) is 13.2 Å². The van der Waals surface area contributed by atoms with Gasteiger partial charge in [0.1, 0.15) is 0 Å². The van der Waals surface area contributed by atoms with Gasteiger partial charge in [0.25, 0.3) is 0 Å². The lowest BCUT2D eigenvalue weighted by molar-refractivity contribution is 0.299. The third kappa shape index (κ3) is 2.58. The number of aliphatic hydroxyl groups excluding tert-OH is 1. The smallest absolute Gasteiger partial charge is 0.0471 e. The molecule has 1 aromatic rings. The van der Waals surface area contributed by atoms with Crippen LogP contribution >= 0.6 is 0 Å². The minimum absolute atomic E-state index is 0.244. The van der Waals surface area contributed by atoms with Gasteiger partial charge in [0.15, 0.2) is 0 Å². The van der Waals surface area contributed by atoms with Gasteiger partial charge in [-0.1, -0.05) is 24.3 Å². The van der Waals surface area contributed by atoms with Crippen molar-refractivity contribution in [1.29, 1.82) is 0 Å². The van der Waals surface area contributed by atoms with Gasteiger partial charge >= 0.3 is 0 Å². The zero-order valence-corrected chi connectivity index (χ0v) is 9.32. The van der Waals surface area contributed by atoms with Crippen molar-refractivity contribution < 1.29 is 5.11 Å². The molecule has 0 radical (unpaired) electrons. The summed E-state index contributed by atoms with van der Waals surface area (Å²) in [6, 6.07) is 8.67. The predicted octanol–water partition coefficient (Wildman–Crippen LogP) is 1.64. The van der Waals surface area contributed by atoms with Crippen molar-refractivity contribution in [2.75, 3.05) is 26.7 Å². The molecule has 1 N–H and O–H groups in total. The summed E-state index contributed by atoms with van der Waals surface area (Å²) < 4.78 is 0. The van der Waals surface area contributed by atoms with Crippen molar-refractivity contribution >= 4 is 0 Å². The average molecular weight is 205 g/mol. The van der Waals surface area contributed by atoms with Gasteiger partial charge < -0.3 is 10.0 Å². The van der Waals surface area contributed by atoms with Crippen LogP contribution in [0, 0.1) is 0 Å². The Hall–Kier alpha value is -0.860. The Morgan fingerprint density at radius 2 is 2.33 bits per heavy atom. The largest absolute Gasteiger partial charge is 0.396 e. The molecule has 1 aromatic carbocycles. The Bertz CT molecular complexity index is 324. The standard InChI is InChI=1S/C13H19NO/c1-14-7-5-13(10-14)12-4-2-3-11(9-12)6-8-15/h2-4,9,13,15H,5-8,10H2,1H3. The Morgan fingerprint density at radius 1 is 1.47 bits per heavy atom. The summed E-state index contributed by atoms with van der Waals surface area (Å²) in [5, 5.41) is 8.91. The van der Waals surface area contributed by atoms with Crippen LogP contribution in [0.15, 0.2) is 24.3 Å². The van der Waals surface area contributed by atoms with Crippen LogP contribution in [0.5, 0.6) is 0 Å². The number of likely N-dealkylation sites (N-methyl/N-ethyl adjacent to an activating group) is 1. The van der Waals surface area contributed by atoms with Gasteiger partial charge in [-0.15, -0.1) is 0 Å². The van der Waals surface area contributed by atoms with E-state index in [2.05, 4.69) is 36.2 Å². The molecule has 1 aliphatic heterocycles. The van der Waals surface area contributed by atoms with Crippen LogP contribution in [0.1, 0.15) is 23.5 Å². The van der Waals surface area contributed by atoms with E-state index in [0.29, 0.717) is 5.92 Å². The van der Waals surface area contributed by atoms with Crippen molar-refractivity contribution in [2.24, 2.45) is 0 Å². The number of nitrogens with zero attached hydrogens (tertiary/aromatic N) is 1. The van der Waals surface area contributed by atoms with Crippen molar-refractivity contribution in [3.8, 4) is 0 Å². The van der Waals surface area contributed by atoms with Crippen molar-refractivity contribution in [3.63, 3.8) is 0 Å². The highest BCUT2D eigenvalue weighted by Gasteiger charge is 2.20. The summed E-state index contributed by atoms with van der Waals surface area (Å²) in [5.74, 6) is 0.689. The second-order valence-electron chi connectivity index (χ2n) is 4.47. The van der Waals surface area contributed by atoms with Gasteiger partial charge in [0.05, 0.1) is 0 Å². The topological polar surface area (TPSA) is 23.5 Å². The molecule has 0 bridgehead atoms. The summed E-state index contributed by atoms with van der Waals surface area (Å²) in [6.45, 7) is 2.62. The first-order chi connectivity index (χ1) is 7.29. The van der Waals surface area contributed by atoms with Crippen LogP contribution in [0.25, 0.3) is 0 Å². The molecule has 1 saturated heterocycles. The van der Waals surface area contributed by atoms with Gasteiger partial charge in [-0.2, -0.15) is 0 Å². The van der Waals surface area contributed by atoms with Crippen LogP contribution in [-0.2, 0) is 6.42 Å². The van der Waals surface area contributed by atoms with Gasteiger partial charge in [-0.3, -0.25) is 0 Å². The van der Waals surface area contributed by atoms with E-state index >= 15 is 0 Å². The average Bonchev–Trinajstić information content (AvgIpc) is 2.66. The second kappa shape index (κ2) is 4.77. The van der Waals surface area contributed by atoms with Crippen molar-refractivity contribution in [3.05, 3.63) is 35.4 Å². The first-order valence-electron chi connectivity index (χ1n) is 5.68. The lowest BCUT2D eigenvalue weighted by Crippen LogP contribution is -2.13. The number of aliphatic hydroxyl groups is 1. The first kappa shape index (κ1) is 10.7. The van der Waals surface area contributed by atoms with E-state index in [4.69, 9.17) is 5.11 Å². The summed E-state index contributed by atoms with van der Waals surface area (Å²) >= 11 is 0. The lowest BCUT2D eigenvalue weighted by atomic mass is 9.96. The van der Waals surface area contributed by atoms with E-state index in [0.717, 1.165) is 6.42 Å². The summed E-state index contributed by atoms with van der Waals surface area (Å²) in [5.41, 5.74) is 2.69. The lowest BCUT2D eigenvalue weighted by Gasteiger charge is -2.12. The molecule has 1 atom stereocenters. The number of likely N-dealkylation sites (tertiary alicyclic amines) is 1. The van der Waals surface area contributed by atoms with E-state index in [-0.39, 0.29) is 6.61 Å². The fraction of sp³-hybridized carbons (Fsp3) is 0.538. The highest BCUT2D eigenvalue weighted by molar-refractivity contribution is 5.27. The summed E-state index contributed by atoms with van der Waals surface area (Å²) in [6.07, 6.45) is 2.04. The van der Waals surface area contributed by atoms with Crippen LogP contribution in [-0.4, -0.2) is 36.8 Å². The maximum atomic E-state index is 8.91. The van der Waals surface area contributed by atoms with Crippen LogP contribution in [0.3, 0.4) is 0 Å². The molecule has 0 saturated carbocycles. The zero-order chi connectivity index (χ0) is 10.7. The number of rotatable bonds is 3. The van der Waals surface area contributed by atoms with Crippen LogP contribution in [0.2, 0.25) is 0 Å². The molecule has 1 unspecified atom stereocenters. The van der Waals surface area contributed by atoms with Crippen molar-refractivity contribution in [1.82, 2.24) is 4.90 Å². The van der Waals surface area contributed by atoms with E-state index in [1.807, 2.05) is 0 Å². The Balaban J connectivity index is 2.10. The number of benzene rings is 1. The third-order valence-electron chi connectivity index (χ3n) is 3.21. The molecule has 1 aliphatic rings. The normalized spacial score (nSPS) is 22.1. The fourth-order valence-electron chi connectivity index (χ4n) is 2.34. The second-order valence-corrected chi connectivity index (χ2v) is 4.47. The molecule has 1 fully saturated rings. The molecule has 2 rings (SSSR count). The molecule has 0 amide bonds. The van der Waals surface area contributed by atoms with Gasteiger partial charge in [-0.25, -0.2) is 0 Å². The Kier molecular flexibility index (Phi) is 3.39. The van der Waals surface area contributed by atoms with Crippen LogP contribution < -0.4 is 0 Å². The van der Waals surface area contributed by atoms with E-state index in [1.54, 1.807) is 0 Å². The third-order valence-corrected chi connectivity index (χ3v) is 3.21. The Labute approximate surface area is 91.5 Å². The zero-order valence-electron chi connectivity index (χ0n) is 9.32. The molecule has 0 spiro atoms. The molecule has 82 valence electrons. The highest BCUT2D eigenvalue weighted by Crippen LogP contribution is 2.26. The number of hydrogen-bond acceptors (Lipinski definition) is 2. The van der Waals surface area contributed by atoms with E-state index < -0.39 is 0 Å². The SMILES string of the molecule is CN1CCC(c2cccc(CCO)c2)C1. The first-order valence-corrected chi connectivity index (χ1v) is 5.68. The van der Waals surface area contributed by atoms with Gasteiger partial charge in [-0.05, 0) is 43.5 Å². The minimum Gasteiger partial charge on any atom is -0.396 e. The quantitative estimate of drug-likeness (QED) is 0.811. The number of hydrogen-bond donors (Lipinski definition) is 1. The highest BCUT2D eigenvalue weighted by atomic mass is 16.2. The Morgan fingerprint density at radius 3 is 3.00 bits per heavy atom. The molecule has 1 heterocycles. The van der Waals surface area contributed by atoms with Gasteiger partial charge in [0.2, 0.25) is 0 Å². The molecule has 2 nitrogen and oxygen atoms in total. The van der Waals surface area contributed by atoms with Crippen LogP contribution in [0.4, 0.5) is 0 Å². The predicted molar refractivity (Wildman–Crippen MR) is 62.1 cm³/mol. The molecule has 15 heavy (non-hydrogen) atoms. The summed E-state index contributed by atoms with van der Waals surface area (Å²) in [4.78, 5) is 2.38. The summed E-state index contributed by atoms with van der Waals surface area (Å²) in [7, 11) is 2.18. The molecule has 0 aromatic heterocycles. The van der Waals surface area contributed by atoms with E-state index in [1.165, 1.54) is 30.6 Å². The minimum atomic E-state index is 0.244. The van der Waals surface area contributed by atoms with Crippen molar-refractivity contribution in [2.45, 2.75) is 18.8 Å². The molecular weight excluding hydrogens is 186 g/mol.